The van der Waals surface area contributed by atoms with E-state index in [1.165, 1.54) is 0 Å². The number of likely N-dealkylation sites (tertiary alicyclic amines) is 1. The third kappa shape index (κ3) is 3.85. The lowest BCUT2D eigenvalue weighted by Crippen LogP contribution is -2.54. The molecular formula is C19H25N3O3. The predicted octanol–water partition coefficient (Wildman–Crippen LogP) is 2.43. The topological polar surface area (TPSA) is 56.6 Å². The number of ether oxygens (including phenoxy) is 2. The van der Waals surface area contributed by atoms with E-state index < -0.39 is 5.60 Å². The minimum atomic E-state index is -0.488. The van der Waals surface area contributed by atoms with E-state index in [9.17, 15) is 4.79 Å². The third-order valence-corrected chi connectivity index (χ3v) is 4.80. The Morgan fingerprint density at radius 2 is 2.16 bits per heavy atom. The first-order valence-electron chi connectivity index (χ1n) is 8.54. The van der Waals surface area contributed by atoms with Crippen LogP contribution in [0.25, 0.3) is 0 Å². The highest BCUT2D eigenvalue weighted by Gasteiger charge is 2.38. The van der Waals surface area contributed by atoms with Crippen LogP contribution in [-0.2, 0) is 11.8 Å². The van der Waals surface area contributed by atoms with Crippen LogP contribution in [0.3, 0.4) is 0 Å². The van der Waals surface area contributed by atoms with Crippen molar-refractivity contribution in [2.75, 3.05) is 26.8 Å². The molecule has 0 spiro atoms. The molecule has 25 heavy (non-hydrogen) atoms. The third-order valence-electron chi connectivity index (χ3n) is 4.80. The maximum Gasteiger partial charge on any atom is 0.257 e. The second-order valence-electron chi connectivity index (χ2n) is 6.67. The summed E-state index contributed by atoms with van der Waals surface area (Å²) in [6.45, 7) is 3.69. The summed E-state index contributed by atoms with van der Waals surface area (Å²) in [6.07, 6.45) is 5.10. The number of aryl methyl sites for hydroxylation is 2. The van der Waals surface area contributed by atoms with E-state index in [0.717, 1.165) is 30.7 Å². The highest BCUT2D eigenvalue weighted by molar-refractivity contribution is 5.93. The van der Waals surface area contributed by atoms with Crippen molar-refractivity contribution in [3.63, 3.8) is 0 Å². The van der Waals surface area contributed by atoms with Crippen molar-refractivity contribution in [3.8, 4) is 5.75 Å². The minimum absolute atomic E-state index is 0.00915. The van der Waals surface area contributed by atoms with Gasteiger partial charge in [-0.1, -0.05) is 18.2 Å². The Balaban J connectivity index is 1.70. The first-order valence-corrected chi connectivity index (χ1v) is 8.54. The van der Waals surface area contributed by atoms with E-state index in [1.807, 2.05) is 43.1 Å². The summed E-state index contributed by atoms with van der Waals surface area (Å²) >= 11 is 0. The monoisotopic (exact) mass is 343 g/mol. The van der Waals surface area contributed by atoms with Crippen LogP contribution in [0.4, 0.5) is 0 Å². The smallest absolute Gasteiger partial charge is 0.257 e. The van der Waals surface area contributed by atoms with Crippen LogP contribution in [-0.4, -0.2) is 53.0 Å². The summed E-state index contributed by atoms with van der Waals surface area (Å²) in [6, 6.07) is 7.93. The van der Waals surface area contributed by atoms with Crippen molar-refractivity contribution in [1.29, 1.82) is 0 Å². The molecule has 2 heterocycles. The first-order chi connectivity index (χ1) is 12.0. The van der Waals surface area contributed by atoms with Gasteiger partial charge in [-0.25, -0.2) is 0 Å². The van der Waals surface area contributed by atoms with Crippen LogP contribution in [0.1, 0.15) is 28.8 Å². The molecule has 0 radical (unpaired) electrons. The normalized spacial score (nSPS) is 20.5. The quantitative estimate of drug-likeness (QED) is 0.837. The molecule has 1 atom stereocenters. The SMILES string of the molecule is CO[C@@]1(COc2ccccc2C)CCCN(C(=O)c2cnn(C)c2)C1. The zero-order chi connectivity index (χ0) is 17.9. The molecule has 6 heteroatoms. The largest absolute Gasteiger partial charge is 0.490 e. The van der Waals surface area contributed by atoms with E-state index in [4.69, 9.17) is 9.47 Å². The Labute approximate surface area is 148 Å². The Morgan fingerprint density at radius 3 is 2.84 bits per heavy atom. The van der Waals surface area contributed by atoms with Gasteiger partial charge in [0.25, 0.3) is 5.91 Å². The second-order valence-corrected chi connectivity index (χ2v) is 6.67. The lowest BCUT2D eigenvalue weighted by molar-refractivity contribution is -0.0825. The maximum absolute atomic E-state index is 12.7. The summed E-state index contributed by atoms with van der Waals surface area (Å²) in [5, 5.41) is 4.09. The molecule has 2 aromatic rings. The number of hydrogen-bond acceptors (Lipinski definition) is 4. The average Bonchev–Trinajstić information content (AvgIpc) is 3.07. The minimum Gasteiger partial charge on any atom is -0.490 e. The van der Waals surface area contributed by atoms with Gasteiger partial charge in [0.1, 0.15) is 18.0 Å². The molecular weight excluding hydrogens is 318 g/mol. The lowest BCUT2D eigenvalue weighted by Gasteiger charge is -2.41. The molecule has 0 bridgehead atoms. The van der Waals surface area contributed by atoms with Gasteiger partial charge in [0, 0.05) is 26.9 Å². The Kier molecular flexibility index (Phi) is 5.08. The molecule has 0 aliphatic carbocycles. The van der Waals surface area contributed by atoms with E-state index in [2.05, 4.69) is 5.10 Å². The van der Waals surface area contributed by atoms with Crippen LogP contribution >= 0.6 is 0 Å². The van der Waals surface area contributed by atoms with Crippen molar-refractivity contribution in [3.05, 3.63) is 47.8 Å². The molecule has 0 N–H and O–H groups in total. The Hall–Kier alpha value is -2.34. The van der Waals surface area contributed by atoms with Gasteiger partial charge in [0.05, 0.1) is 18.3 Å². The fraction of sp³-hybridized carbons (Fsp3) is 0.474. The van der Waals surface area contributed by atoms with Crippen molar-refractivity contribution in [2.45, 2.75) is 25.4 Å². The van der Waals surface area contributed by atoms with Gasteiger partial charge in [0.15, 0.2) is 0 Å². The molecule has 134 valence electrons. The molecule has 1 aliphatic rings. The van der Waals surface area contributed by atoms with Crippen LogP contribution in [0.2, 0.25) is 0 Å². The van der Waals surface area contributed by atoms with Crippen LogP contribution < -0.4 is 4.74 Å². The average molecular weight is 343 g/mol. The summed E-state index contributed by atoms with van der Waals surface area (Å²) in [5.41, 5.74) is 1.21. The molecule has 1 aromatic heterocycles. The van der Waals surface area contributed by atoms with Gasteiger partial charge in [-0.3, -0.25) is 9.48 Å². The molecule has 3 rings (SSSR count). The van der Waals surface area contributed by atoms with Crippen molar-refractivity contribution in [1.82, 2.24) is 14.7 Å². The first kappa shape index (κ1) is 17.5. The predicted molar refractivity (Wildman–Crippen MR) is 94.8 cm³/mol. The summed E-state index contributed by atoms with van der Waals surface area (Å²) < 4.78 is 13.5. The van der Waals surface area contributed by atoms with E-state index in [-0.39, 0.29) is 5.91 Å². The number of amides is 1. The second kappa shape index (κ2) is 7.27. The molecule has 0 saturated carbocycles. The number of benzene rings is 1. The van der Waals surface area contributed by atoms with Crippen LogP contribution in [0, 0.1) is 6.92 Å². The molecule has 1 fully saturated rings. The van der Waals surface area contributed by atoms with E-state index >= 15 is 0 Å². The zero-order valence-electron chi connectivity index (χ0n) is 15.1. The number of carbonyl (C=O) groups excluding carboxylic acids is 1. The highest BCUT2D eigenvalue weighted by Crippen LogP contribution is 2.28. The Morgan fingerprint density at radius 1 is 1.36 bits per heavy atom. The van der Waals surface area contributed by atoms with Gasteiger partial charge in [-0.15, -0.1) is 0 Å². The molecule has 0 unspecified atom stereocenters. The summed E-state index contributed by atoms with van der Waals surface area (Å²) in [4.78, 5) is 14.6. The number of piperidine rings is 1. The van der Waals surface area contributed by atoms with E-state index in [0.29, 0.717) is 18.7 Å². The van der Waals surface area contributed by atoms with Gasteiger partial charge >= 0.3 is 0 Å². The molecule has 1 saturated heterocycles. The fourth-order valence-electron chi connectivity index (χ4n) is 3.26. The van der Waals surface area contributed by atoms with Gasteiger partial charge in [-0.05, 0) is 31.4 Å². The van der Waals surface area contributed by atoms with Gasteiger partial charge in [-0.2, -0.15) is 5.10 Å². The maximum atomic E-state index is 12.7. The Bertz CT molecular complexity index is 743. The number of nitrogens with zero attached hydrogens (tertiary/aromatic N) is 3. The molecule has 6 nitrogen and oxygen atoms in total. The number of carbonyl (C=O) groups is 1. The molecule has 1 aromatic carbocycles. The molecule has 1 aliphatic heterocycles. The van der Waals surface area contributed by atoms with Crippen LogP contribution in [0.5, 0.6) is 5.75 Å². The number of rotatable bonds is 5. The van der Waals surface area contributed by atoms with Gasteiger partial charge < -0.3 is 14.4 Å². The fourth-order valence-corrected chi connectivity index (χ4v) is 3.26. The molecule has 1 amide bonds. The van der Waals surface area contributed by atoms with Crippen molar-refractivity contribution < 1.29 is 14.3 Å². The lowest BCUT2D eigenvalue weighted by atomic mass is 9.93. The van der Waals surface area contributed by atoms with Crippen LogP contribution in [0.15, 0.2) is 36.7 Å². The number of methoxy groups -OCH3 is 1. The standard InChI is InChI=1S/C19H25N3O3/c1-15-7-4-5-8-17(15)25-14-19(24-3)9-6-10-22(13-19)18(23)16-11-20-21(2)12-16/h4-5,7-8,11-12H,6,9-10,13-14H2,1-3H3/t19-/m0/s1. The number of hydrogen-bond donors (Lipinski definition) is 0. The zero-order valence-corrected chi connectivity index (χ0v) is 15.1. The number of aromatic nitrogens is 2. The highest BCUT2D eigenvalue weighted by atomic mass is 16.5. The van der Waals surface area contributed by atoms with Gasteiger partial charge in [0.2, 0.25) is 0 Å². The number of para-hydroxylation sites is 1. The summed E-state index contributed by atoms with van der Waals surface area (Å²) in [5.74, 6) is 0.847. The summed E-state index contributed by atoms with van der Waals surface area (Å²) in [7, 11) is 3.50. The van der Waals surface area contributed by atoms with E-state index in [1.54, 1.807) is 24.2 Å². The van der Waals surface area contributed by atoms with Crippen molar-refractivity contribution >= 4 is 5.91 Å². The van der Waals surface area contributed by atoms with Crippen molar-refractivity contribution in [2.24, 2.45) is 7.05 Å².